The molecule has 6 heteroatoms. The van der Waals surface area contributed by atoms with Crippen molar-refractivity contribution >= 4 is 11.7 Å². The van der Waals surface area contributed by atoms with Crippen molar-refractivity contribution < 1.29 is 19.0 Å². The summed E-state index contributed by atoms with van der Waals surface area (Å²) in [6, 6.07) is 19.0. The van der Waals surface area contributed by atoms with E-state index in [1.807, 2.05) is 61.5 Å². The van der Waals surface area contributed by atoms with Crippen LogP contribution < -0.4 is 9.64 Å². The maximum absolute atomic E-state index is 15.2. The van der Waals surface area contributed by atoms with Crippen LogP contribution in [0.25, 0.3) is 11.1 Å². The molecule has 4 rings (SSSR count). The maximum Gasteiger partial charge on any atom is 0.303 e. The zero-order chi connectivity index (χ0) is 23.2. The van der Waals surface area contributed by atoms with E-state index in [4.69, 9.17) is 9.84 Å². The Morgan fingerprint density at radius 1 is 1.12 bits per heavy atom. The molecule has 1 aliphatic rings. The van der Waals surface area contributed by atoms with Crippen molar-refractivity contribution in [3.63, 3.8) is 0 Å². The smallest absolute Gasteiger partial charge is 0.303 e. The Morgan fingerprint density at radius 2 is 1.88 bits per heavy atom. The number of hydrogen-bond donors (Lipinski definition) is 1. The number of carbonyl (C=O) groups is 1. The van der Waals surface area contributed by atoms with E-state index >= 15 is 4.39 Å². The largest absolute Gasteiger partial charge is 0.481 e. The van der Waals surface area contributed by atoms with Crippen molar-refractivity contribution in [3.05, 3.63) is 77.7 Å². The molecule has 172 valence electrons. The molecule has 2 aromatic carbocycles. The lowest BCUT2D eigenvalue weighted by Gasteiger charge is -2.33. The van der Waals surface area contributed by atoms with Crippen LogP contribution >= 0.6 is 0 Å². The molecule has 1 N–H and O–H groups in total. The predicted octanol–water partition coefficient (Wildman–Crippen LogP) is 5.86. The second-order valence-corrected chi connectivity index (χ2v) is 8.61. The lowest BCUT2D eigenvalue weighted by atomic mass is 9.92. The molecule has 0 radical (unpaired) electrons. The van der Waals surface area contributed by atoms with Crippen LogP contribution in [-0.2, 0) is 11.4 Å². The van der Waals surface area contributed by atoms with Gasteiger partial charge in [-0.3, -0.25) is 4.79 Å². The SMILES string of the molecule is Cc1ccc(-c2ccc(N3CCC(CCC(=O)O)CC3)c(F)c2)c(OCc2ccccc2)n1. The highest BCUT2D eigenvalue weighted by atomic mass is 19.1. The lowest BCUT2D eigenvalue weighted by Crippen LogP contribution is -2.34. The number of nitrogens with zero attached hydrogens (tertiary/aromatic N) is 2. The van der Waals surface area contributed by atoms with Gasteiger partial charge in [-0.15, -0.1) is 0 Å². The first kappa shape index (κ1) is 22.8. The normalized spacial score (nSPS) is 14.3. The van der Waals surface area contributed by atoms with Gasteiger partial charge in [0, 0.05) is 30.8 Å². The fourth-order valence-corrected chi connectivity index (χ4v) is 4.31. The van der Waals surface area contributed by atoms with Crippen LogP contribution in [0, 0.1) is 18.7 Å². The highest BCUT2D eigenvalue weighted by Gasteiger charge is 2.22. The van der Waals surface area contributed by atoms with Gasteiger partial charge >= 0.3 is 5.97 Å². The number of hydrogen-bond acceptors (Lipinski definition) is 4. The third-order valence-corrected chi connectivity index (χ3v) is 6.20. The Kier molecular flexibility index (Phi) is 7.23. The molecule has 0 saturated carbocycles. The Balaban J connectivity index is 1.47. The summed E-state index contributed by atoms with van der Waals surface area (Å²) in [5.74, 6) is -0.143. The molecule has 1 aromatic heterocycles. The van der Waals surface area contributed by atoms with Gasteiger partial charge < -0.3 is 14.7 Å². The summed E-state index contributed by atoms with van der Waals surface area (Å²) in [5, 5.41) is 8.88. The minimum absolute atomic E-state index is 0.201. The van der Waals surface area contributed by atoms with Crippen LogP contribution in [-0.4, -0.2) is 29.1 Å². The molecule has 0 unspecified atom stereocenters. The van der Waals surface area contributed by atoms with Crippen molar-refractivity contribution in [1.82, 2.24) is 4.98 Å². The number of aliphatic carboxylic acids is 1. The molecular weight excluding hydrogens is 419 g/mol. The number of ether oxygens (including phenoxy) is 1. The van der Waals surface area contributed by atoms with Crippen LogP contribution in [0.3, 0.4) is 0 Å². The van der Waals surface area contributed by atoms with Gasteiger partial charge in [-0.2, -0.15) is 0 Å². The highest BCUT2D eigenvalue weighted by molar-refractivity contribution is 5.71. The standard InChI is InChI=1S/C27H29FN2O3/c1-19-7-10-23(27(29-19)33-18-21-5-3-2-4-6-21)22-9-11-25(24(28)17-22)30-15-13-20(14-16-30)8-12-26(31)32/h2-7,9-11,17,20H,8,12-16,18H2,1H3,(H,31,32). The lowest BCUT2D eigenvalue weighted by molar-refractivity contribution is -0.137. The highest BCUT2D eigenvalue weighted by Crippen LogP contribution is 2.34. The number of pyridine rings is 1. The van der Waals surface area contributed by atoms with Crippen LogP contribution in [0.15, 0.2) is 60.7 Å². The van der Waals surface area contributed by atoms with Gasteiger partial charge in [0.2, 0.25) is 5.88 Å². The van der Waals surface area contributed by atoms with E-state index in [2.05, 4.69) is 9.88 Å². The molecule has 1 aliphatic heterocycles. The number of benzene rings is 2. The first-order valence-electron chi connectivity index (χ1n) is 11.4. The van der Waals surface area contributed by atoms with Crippen molar-refractivity contribution in [2.45, 2.75) is 39.2 Å². The fraction of sp³-hybridized carbons (Fsp3) is 0.333. The van der Waals surface area contributed by atoms with Gasteiger partial charge in [-0.1, -0.05) is 36.4 Å². The summed E-state index contributed by atoms with van der Waals surface area (Å²) in [6.45, 7) is 3.76. The molecule has 0 amide bonds. The summed E-state index contributed by atoms with van der Waals surface area (Å²) in [4.78, 5) is 17.4. The number of rotatable bonds is 8. The summed E-state index contributed by atoms with van der Waals surface area (Å²) >= 11 is 0. The molecular formula is C27H29FN2O3. The van der Waals surface area contributed by atoms with Crippen molar-refractivity contribution in [3.8, 4) is 17.0 Å². The Hall–Kier alpha value is -3.41. The Labute approximate surface area is 193 Å². The summed E-state index contributed by atoms with van der Waals surface area (Å²) in [6.07, 6.45) is 2.66. The summed E-state index contributed by atoms with van der Waals surface area (Å²) in [5.41, 5.74) is 3.95. The number of halogens is 1. The molecule has 0 atom stereocenters. The number of carboxylic acid groups (broad SMARTS) is 1. The van der Waals surface area contributed by atoms with Crippen molar-refractivity contribution in [2.75, 3.05) is 18.0 Å². The van der Waals surface area contributed by atoms with E-state index in [1.54, 1.807) is 6.07 Å². The van der Waals surface area contributed by atoms with Crippen LogP contribution in [0.1, 0.15) is 36.9 Å². The average Bonchev–Trinajstić information content (AvgIpc) is 2.82. The quantitative estimate of drug-likeness (QED) is 0.468. The molecule has 1 fully saturated rings. The van der Waals surface area contributed by atoms with Crippen LogP contribution in [0.2, 0.25) is 0 Å². The minimum atomic E-state index is -0.753. The molecule has 2 heterocycles. The fourth-order valence-electron chi connectivity index (χ4n) is 4.31. The number of aromatic nitrogens is 1. The van der Waals surface area contributed by atoms with Gasteiger partial charge in [-0.05, 0) is 67.5 Å². The second kappa shape index (κ2) is 10.5. The molecule has 0 aliphatic carbocycles. The Morgan fingerprint density at radius 3 is 2.58 bits per heavy atom. The van der Waals surface area contributed by atoms with Crippen molar-refractivity contribution in [2.24, 2.45) is 5.92 Å². The molecule has 33 heavy (non-hydrogen) atoms. The number of piperidine rings is 1. The van der Waals surface area contributed by atoms with Crippen LogP contribution in [0.4, 0.5) is 10.1 Å². The maximum atomic E-state index is 15.2. The predicted molar refractivity (Wildman–Crippen MR) is 127 cm³/mol. The monoisotopic (exact) mass is 448 g/mol. The van der Waals surface area contributed by atoms with Gasteiger partial charge in [0.15, 0.2) is 0 Å². The second-order valence-electron chi connectivity index (χ2n) is 8.61. The van der Waals surface area contributed by atoms with E-state index < -0.39 is 5.97 Å². The van der Waals surface area contributed by atoms with Crippen LogP contribution in [0.5, 0.6) is 5.88 Å². The van der Waals surface area contributed by atoms with Gasteiger partial charge in [-0.25, -0.2) is 9.37 Å². The number of aryl methyl sites for hydroxylation is 1. The molecule has 1 saturated heterocycles. The van der Waals surface area contributed by atoms with E-state index in [-0.39, 0.29) is 12.2 Å². The minimum Gasteiger partial charge on any atom is -0.481 e. The van der Waals surface area contributed by atoms with E-state index in [9.17, 15) is 4.79 Å². The summed E-state index contributed by atoms with van der Waals surface area (Å²) < 4.78 is 21.2. The zero-order valence-corrected chi connectivity index (χ0v) is 18.8. The third-order valence-electron chi connectivity index (χ3n) is 6.20. The first-order chi connectivity index (χ1) is 16.0. The average molecular weight is 449 g/mol. The molecule has 3 aromatic rings. The van der Waals surface area contributed by atoms with E-state index in [0.29, 0.717) is 30.5 Å². The number of carboxylic acids is 1. The molecule has 5 nitrogen and oxygen atoms in total. The van der Waals surface area contributed by atoms with E-state index in [1.165, 1.54) is 0 Å². The number of anilines is 1. The first-order valence-corrected chi connectivity index (χ1v) is 11.4. The van der Waals surface area contributed by atoms with Crippen molar-refractivity contribution in [1.29, 1.82) is 0 Å². The molecule has 0 bridgehead atoms. The third kappa shape index (κ3) is 5.89. The molecule has 0 spiro atoms. The zero-order valence-electron chi connectivity index (χ0n) is 18.8. The Bertz CT molecular complexity index is 1100. The van der Waals surface area contributed by atoms with Gasteiger partial charge in [0.25, 0.3) is 0 Å². The summed E-state index contributed by atoms with van der Waals surface area (Å²) in [7, 11) is 0. The van der Waals surface area contributed by atoms with Gasteiger partial charge in [0.1, 0.15) is 12.4 Å². The topological polar surface area (TPSA) is 62.7 Å². The van der Waals surface area contributed by atoms with Gasteiger partial charge in [0.05, 0.1) is 5.69 Å². The van der Waals surface area contributed by atoms with E-state index in [0.717, 1.165) is 48.3 Å².